The van der Waals surface area contributed by atoms with E-state index in [0.29, 0.717) is 25.3 Å². The molecule has 0 aromatic rings. The van der Waals surface area contributed by atoms with Gasteiger partial charge in [0.25, 0.3) is 0 Å². The van der Waals surface area contributed by atoms with Crippen LogP contribution in [-0.4, -0.2) is 36.8 Å². The maximum atomic E-state index is 12.7. The largest absolute Gasteiger partial charge is 0.356 e. The molecule has 0 unspecified atom stereocenters. The molecule has 0 heterocycles. The predicted octanol–water partition coefficient (Wildman–Crippen LogP) is 3.88. The maximum Gasteiger partial charge on any atom is 0.336 e. The molecule has 0 saturated heterocycles. The topological polar surface area (TPSA) is 84.5 Å². The number of hydrogen-bond donors (Lipinski definition) is 2. The number of carbonyl (C=O) groups excluding carboxylic acids is 1. The number of nitrogens with one attached hydrogen (secondary N) is 2. The van der Waals surface area contributed by atoms with Crippen LogP contribution in [0.4, 0.5) is 0 Å². The first-order valence-electron chi connectivity index (χ1n) is 9.93. The van der Waals surface area contributed by atoms with E-state index in [4.69, 9.17) is 45.4 Å². The Bertz CT molecular complexity index is 815. The van der Waals surface area contributed by atoms with Crippen molar-refractivity contribution in [3.8, 4) is 12.3 Å². The van der Waals surface area contributed by atoms with E-state index in [9.17, 15) is 13.2 Å². The van der Waals surface area contributed by atoms with Crippen LogP contribution in [0, 0.1) is 29.6 Å². The minimum Gasteiger partial charge on any atom is -0.356 e. The summed E-state index contributed by atoms with van der Waals surface area (Å²) < 4.78 is 30.9. The minimum atomic E-state index is -4.27. The Morgan fingerprint density at radius 3 is 2.60 bits per heavy atom. The van der Waals surface area contributed by atoms with Gasteiger partial charge in [-0.2, -0.15) is 13.1 Å². The summed E-state index contributed by atoms with van der Waals surface area (Å²) in [6, 6.07) is -0.406. The molecule has 2 N–H and O–H groups in total. The van der Waals surface area contributed by atoms with E-state index in [2.05, 4.69) is 29.8 Å². The van der Waals surface area contributed by atoms with Crippen LogP contribution in [0.25, 0.3) is 0 Å². The number of hydrogen-bond acceptors (Lipinski definition) is 4. The van der Waals surface area contributed by atoms with E-state index in [0.717, 1.165) is 18.4 Å². The van der Waals surface area contributed by atoms with Crippen LogP contribution >= 0.6 is 34.8 Å². The van der Waals surface area contributed by atoms with Gasteiger partial charge in [-0.1, -0.05) is 60.3 Å². The molecule has 30 heavy (non-hydrogen) atoms. The van der Waals surface area contributed by atoms with Crippen molar-refractivity contribution < 1.29 is 17.4 Å². The van der Waals surface area contributed by atoms with Crippen LogP contribution in [0.2, 0.25) is 0 Å². The van der Waals surface area contributed by atoms with Crippen LogP contribution in [0.3, 0.4) is 0 Å². The van der Waals surface area contributed by atoms with Crippen molar-refractivity contribution in [1.82, 2.24) is 10.0 Å². The van der Waals surface area contributed by atoms with E-state index < -0.39 is 38.6 Å². The van der Waals surface area contributed by atoms with Crippen molar-refractivity contribution in [1.29, 1.82) is 0 Å². The first-order chi connectivity index (χ1) is 13.8. The highest BCUT2D eigenvalue weighted by Gasteiger charge is 2.55. The zero-order valence-electron chi connectivity index (χ0n) is 17.4. The third kappa shape index (κ3) is 6.51. The van der Waals surface area contributed by atoms with Gasteiger partial charge in [0.15, 0.2) is 0 Å². The normalized spacial score (nSPS) is 26.2. The lowest BCUT2D eigenvalue weighted by Gasteiger charge is -2.58. The molecule has 0 spiro atoms. The summed E-state index contributed by atoms with van der Waals surface area (Å²) in [4.78, 5) is 12.2. The highest BCUT2D eigenvalue weighted by Crippen LogP contribution is 2.59. The van der Waals surface area contributed by atoms with E-state index in [1.165, 1.54) is 0 Å². The molecular formula is C20H29Cl3N2O4S. The third-order valence-corrected chi connectivity index (χ3v) is 7.87. The van der Waals surface area contributed by atoms with Crippen molar-refractivity contribution in [2.75, 3.05) is 6.54 Å². The third-order valence-electron chi connectivity index (χ3n) is 6.10. The summed E-state index contributed by atoms with van der Waals surface area (Å²) in [6.07, 6.45) is 8.21. The number of terminal acetylenes is 1. The Hall–Kier alpha value is -0.490. The molecule has 0 aromatic carbocycles. The SMILES string of the molecule is C#CCCCCNC(=O)C[C@@H](OS(=O)(=O)N[C@@H]1C=C(C)[C@@H]2C[C@H]1C2(C)C)C(Cl)(Cl)Cl. The number of rotatable bonds is 10. The Labute approximate surface area is 194 Å². The molecule has 3 rings (SSSR count). The molecule has 0 radical (unpaired) electrons. The van der Waals surface area contributed by atoms with Gasteiger partial charge < -0.3 is 5.32 Å². The van der Waals surface area contributed by atoms with Gasteiger partial charge in [-0.15, -0.1) is 12.3 Å². The summed E-state index contributed by atoms with van der Waals surface area (Å²) in [5.41, 5.74) is 1.15. The second-order valence-corrected chi connectivity index (χ2v) is 12.3. The van der Waals surface area contributed by atoms with Gasteiger partial charge >= 0.3 is 10.3 Å². The first-order valence-corrected chi connectivity index (χ1v) is 12.5. The van der Waals surface area contributed by atoms with Gasteiger partial charge in [-0.05, 0) is 43.4 Å². The molecule has 10 heteroatoms. The molecule has 0 aromatic heterocycles. The Morgan fingerprint density at radius 1 is 1.40 bits per heavy atom. The Balaban J connectivity index is 1.98. The van der Waals surface area contributed by atoms with Crippen molar-refractivity contribution in [3.63, 3.8) is 0 Å². The van der Waals surface area contributed by atoms with Crippen LogP contribution in [0.5, 0.6) is 0 Å². The molecule has 4 atom stereocenters. The second-order valence-electron chi connectivity index (χ2n) is 8.57. The summed E-state index contributed by atoms with van der Waals surface area (Å²) in [5.74, 6) is 2.66. The molecular weight excluding hydrogens is 471 g/mol. The summed E-state index contributed by atoms with van der Waals surface area (Å²) in [7, 11) is -4.27. The molecule has 1 saturated carbocycles. The maximum absolute atomic E-state index is 12.7. The Kier molecular flexibility index (Phi) is 8.57. The zero-order valence-corrected chi connectivity index (χ0v) is 20.5. The average molecular weight is 500 g/mol. The quantitative estimate of drug-likeness (QED) is 0.207. The average Bonchev–Trinajstić information content (AvgIpc) is 2.58. The van der Waals surface area contributed by atoms with E-state index in [-0.39, 0.29) is 11.3 Å². The van der Waals surface area contributed by atoms with E-state index >= 15 is 0 Å². The number of halogens is 3. The van der Waals surface area contributed by atoms with Gasteiger partial charge in [0.1, 0.15) is 6.10 Å². The lowest BCUT2D eigenvalue weighted by molar-refractivity contribution is -0.122. The molecule has 1 amide bonds. The lowest BCUT2D eigenvalue weighted by atomic mass is 9.48. The molecule has 3 aliphatic rings. The van der Waals surface area contributed by atoms with Crippen LogP contribution < -0.4 is 10.0 Å². The highest BCUT2D eigenvalue weighted by molar-refractivity contribution is 7.84. The fraction of sp³-hybridized carbons (Fsp3) is 0.750. The van der Waals surface area contributed by atoms with Crippen molar-refractivity contribution in [2.24, 2.45) is 17.3 Å². The number of alkyl halides is 3. The summed E-state index contributed by atoms with van der Waals surface area (Å²) in [6.45, 7) is 6.65. The molecule has 3 aliphatic carbocycles. The fourth-order valence-electron chi connectivity index (χ4n) is 4.35. The van der Waals surface area contributed by atoms with Gasteiger partial charge in [0, 0.05) is 19.0 Å². The standard InChI is InChI=1S/C20H29Cl3N2O4S/c1-5-6-7-8-9-24-18(26)12-17(20(21,22)23)29-30(27,28)25-16-10-13(2)14-11-15(16)19(14,3)4/h1,10,14-17,25H,6-9,11-12H2,2-4H3,(H,24,26)/t14-,15+,16+,17+/m0/s1. The van der Waals surface area contributed by atoms with Gasteiger partial charge in [-0.25, -0.2) is 4.18 Å². The number of unbranched alkanes of at least 4 members (excludes halogenated alkanes) is 2. The van der Waals surface area contributed by atoms with E-state index in [1.54, 1.807) is 0 Å². The number of allylic oxidation sites excluding steroid dienone is 1. The fourth-order valence-corrected chi connectivity index (χ4v) is 6.01. The monoisotopic (exact) mass is 498 g/mol. The molecule has 0 aliphatic heterocycles. The zero-order chi connectivity index (χ0) is 22.7. The first kappa shape index (κ1) is 25.8. The van der Waals surface area contributed by atoms with Crippen molar-refractivity contribution >= 4 is 51.0 Å². The highest BCUT2D eigenvalue weighted by atomic mass is 35.6. The lowest BCUT2D eigenvalue weighted by Crippen LogP contribution is -2.59. The summed E-state index contributed by atoms with van der Waals surface area (Å²) >= 11 is 17.7. The van der Waals surface area contributed by atoms with E-state index in [1.807, 2.05) is 13.0 Å². The van der Waals surface area contributed by atoms with Gasteiger partial charge in [0.05, 0.1) is 6.42 Å². The van der Waals surface area contributed by atoms with Crippen molar-refractivity contribution in [2.45, 2.75) is 68.8 Å². The number of fused-ring (bicyclic) bond motifs is 1. The molecule has 6 nitrogen and oxygen atoms in total. The molecule has 1 fully saturated rings. The second kappa shape index (κ2) is 9.97. The Morgan fingerprint density at radius 2 is 2.07 bits per heavy atom. The van der Waals surface area contributed by atoms with Crippen molar-refractivity contribution in [3.05, 3.63) is 11.6 Å². The number of carbonyl (C=O) groups is 1. The summed E-state index contributed by atoms with van der Waals surface area (Å²) in [5, 5.41) is 2.65. The molecule has 2 bridgehead atoms. The number of amides is 1. The van der Waals surface area contributed by atoms with Crippen LogP contribution in [0.15, 0.2) is 11.6 Å². The smallest absolute Gasteiger partial charge is 0.336 e. The minimum absolute atomic E-state index is 0.0000589. The predicted molar refractivity (Wildman–Crippen MR) is 120 cm³/mol. The van der Waals surface area contributed by atoms with Gasteiger partial charge in [-0.3, -0.25) is 4.79 Å². The van der Waals surface area contributed by atoms with Gasteiger partial charge in [0.2, 0.25) is 9.70 Å². The molecule has 170 valence electrons. The van der Waals surface area contributed by atoms with Crippen LogP contribution in [0.1, 0.15) is 52.9 Å². The van der Waals surface area contributed by atoms with Crippen LogP contribution in [-0.2, 0) is 19.3 Å².